The summed E-state index contributed by atoms with van der Waals surface area (Å²) in [6.07, 6.45) is 2.75. The van der Waals surface area contributed by atoms with Crippen LogP contribution in [0, 0.1) is 5.41 Å². The highest BCUT2D eigenvalue weighted by molar-refractivity contribution is 7.99. The number of nitrogens with one attached hydrogen (secondary N) is 1. The van der Waals surface area contributed by atoms with E-state index in [4.69, 9.17) is 0 Å². The summed E-state index contributed by atoms with van der Waals surface area (Å²) in [5, 5.41) is 13.1. The van der Waals surface area contributed by atoms with Crippen molar-refractivity contribution in [2.45, 2.75) is 52.2 Å². The number of hydrogen-bond acceptors (Lipinski definition) is 3. The molecule has 1 aliphatic rings. The Hall–Kier alpha value is 0.270. The third-order valence-electron chi connectivity index (χ3n) is 3.24. The molecule has 90 valence electrons. The fraction of sp³-hybridized carbons (Fsp3) is 1.00. The molecule has 0 aromatic rings. The minimum atomic E-state index is -0.529. The zero-order chi connectivity index (χ0) is 11.5. The Balaban J connectivity index is 1.97. The quantitative estimate of drug-likeness (QED) is 0.659. The lowest BCUT2D eigenvalue weighted by molar-refractivity contribution is 0.107. The van der Waals surface area contributed by atoms with E-state index in [1.807, 2.05) is 25.6 Å². The fourth-order valence-corrected chi connectivity index (χ4v) is 2.45. The largest absolute Gasteiger partial charge is 0.390 e. The van der Waals surface area contributed by atoms with Gasteiger partial charge in [-0.25, -0.2) is 0 Å². The highest BCUT2D eigenvalue weighted by Gasteiger charge is 2.41. The molecular formula is C12H25NOS. The van der Waals surface area contributed by atoms with Crippen LogP contribution in [0.15, 0.2) is 0 Å². The second kappa shape index (κ2) is 5.07. The summed E-state index contributed by atoms with van der Waals surface area (Å²) in [7, 11) is 0. The lowest BCUT2D eigenvalue weighted by Gasteiger charge is -2.21. The van der Waals surface area contributed by atoms with E-state index < -0.39 is 5.60 Å². The van der Waals surface area contributed by atoms with Gasteiger partial charge in [0.15, 0.2) is 0 Å². The number of hydrogen-bond donors (Lipinski definition) is 2. The highest BCUT2D eigenvalue weighted by atomic mass is 32.2. The Morgan fingerprint density at radius 3 is 2.53 bits per heavy atom. The van der Waals surface area contributed by atoms with Gasteiger partial charge in [0.25, 0.3) is 0 Å². The van der Waals surface area contributed by atoms with Crippen LogP contribution in [-0.4, -0.2) is 34.8 Å². The van der Waals surface area contributed by atoms with Gasteiger partial charge in [-0.3, -0.25) is 0 Å². The Morgan fingerprint density at radius 1 is 1.47 bits per heavy atom. The minimum Gasteiger partial charge on any atom is -0.390 e. The molecule has 15 heavy (non-hydrogen) atoms. The van der Waals surface area contributed by atoms with Gasteiger partial charge in [-0.05, 0) is 39.0 Å². The van der Waals surface area contributed by atoms with Crippen molar-refractivity contribution in [1.82, 2.24) is 5.32 Å². The third kappa shape index (κ3) is 5.23. The van der Waals surface area contributed by atoms with Gasteiger partial charge in [-0.15, -0.1) is 0 Å². The van der Waals surface area contributed by atoms with Crippen molar-refractivity contribution in [3.8, 4) is 0 Å². The van der Waals surface area contributed by atoms with Crippen LogP contribution < -0.4 is 5.32 Å². The standard InChI is InChI=1S/C12H25NOS/c1-10(12(4)5-6-12)13-7-8-15-9-11(2,3)14/h10,13-14H,5-9H2,1-4H3. The molecule has 1 fully saturated rings. The number of thioether (sulfide) groups is 1. The molecule has 1 unspecified atom stereocenters. The molecule has 0 heterocycles. The van der Waals surface area contributed by atoms with Crippen LogP contribution in [0.5, 0.6) is 0 Å². The summed E-state index contributed by atoms with van der Waals surface area (Å²) in [5.74, 6) is 1.91. The fourth-order valence-electron chi connectivity index (χ4n) is 1.55. The van der Waals surface area contributed by atoms with Crippen LogP contribution in [0.2, 0.25) is 0 Å². The number of rotatable bonds is 7. The van der Waals surface area contributed by atoms with E-state index in [1.54, 1.807) is 0 Å². The monoisotopic (exact) mass is 231 g/mol. The first-order chi connectivity index (χ1) is 6.83. The van der Waals surface area contributed by atoms with E-state index in [0.29, 0.717) is 11.5 Å². The van der Waals surface area contributed by atoms with Crippen LogP contribution in [0.4, 0.5) is 0 Å². The molecule has 0 radical (unpaired) electrons. The lowest BCUT2D eigenvalue weighted by Crippen LogP contribution is -2.35. The molecule has 0 saturated heterocycles. The molecular weight excluding hydrogens is 206 g/mol. The van der Waals surface area contributed by atoms with E-state index in [1.165, 1.54) is 12.8 Å². The van der Waals surface area contributed by atoms with Gasteiger partial charge in [-0.1, -0.05) is 6.92 Å². The predicted molar refractivity (Wildman–Crippen MR) is 68.4 cm³/mol. The van der Waals surface area contributed by atoms with Gasteiger partial charge >= 0.3 is 0 Å². The highest BCUT2D eigenvalue weighted by Crippen LogP contribution is 2.47. The van der Waals surface area contributed by atoms with Crippen molar-refractivity contribution in [3.05, 3.63) is 0 Å². The molecule has 0 aromatic heterocycles. The van der Waals surface area contributed by atoms with Crippen LogP contribution in [0.1, 0.15) is 40.5 Å². The summed E-state index contributed by atoms with van der Waals surface area (Å²) in [4.78, 5) is 0. The van der Waals surface area contributed by atoms with E-state index in [0.717, 1.165) is 18.1 Å². The maximum Gasteiger partial charge on any atom is 0.0681 e. The van der Waals surface area contributed by atoms with E-state index in [2.05, 4.69) is 19.2 Å². The van der Waals surface area contributed by atoms with Crippen LogP contribution in [-0.2, 0) is 0 Å². The van der Waals surface area contributed by atoms with Crippen molar-refractivity contribution in [2.75, 3.05) is 18.1 Å². The average Bonchev–Trinajstić information content (AvgIpc) is 2.82. The molecule has 0 bridgehead atoms. The zero-order valence-corrected chi connectivity index (χ0v) is 11.3. The van der Waals surface area contributed by atoms with Crippen LogP contribution in [0.3, 0.4) is 0 Å². The third-order valence-corrected chi connectivity index (χ3v) is 4.64. The SMILES string of the molecule is CC(NCCSCC(C)(C)O)C1(C)CC1. The Labute approximate surface area is 98.2 Å². The average molecular weight is 231 g/mol. The molecule has 0 aromatic carbocycles. The molecule has 3 heteroatoms. The van der Waals surface area contributed by atoms with Gasteiger partial charge in [0.1, 0.15) is 0 Å². The van der Waals surface area contributed by atoms with Crippen molar-refractivity contribution < 1.29 is 5.11 Å². The maximum absolute atomic E-state index is 9.52. The van der Waals surface area contributed by atoms with Crippen molar-refractivity contribution in [1.29, 1.82) is 0 Å². The van der Waals surface area contributed by atoms with Gasteiger partial charge in [0.2, 0.25) is 0 Å². The maximum atomic E-state index is 9.52. The normalized spacial score (nSPS) is 21.4. The summed E-state index contributed by atoms with van der Waals surface area (Å²) >= 11 is 1.82. The Morgan fingerprint density at radius 2 is 2.07 bits per heavy atom. The van der Waals surface area contributed by atoms with Gasteiger partial charge < -0.3 is 10.4 Å². The van der Waals surface area contributed by atoms with Crippen LogP contribution >= 0.6 is 11.8 Å². The predicted octanol–water partition coefficient (Wildman–Crippen LogP) is 2.27. The Kier molecular flexibility index (Phi) is 4.50. The topological polar surface area (TPSA) is 32.3 Å². The van der Waals surface area contributed by atoms with Crippen molar-refractivity contribution in [3.63, 3.8) is 0 Å². The summed E-state index contributed by atoms with van der Waals surface area (Å²) in [5.41, 5.74) is 0.0413. The van der Waals surface area contributed by atoms with E-state index in [9.17, 15) is 5.11 Å². The minimum absolute atomic E-state index is 0.529. The molecule has 2 N–H and O–H groups in total. The van der Waals surface area contributed by atoms with Gasteiger partial charge in [0.05, 0.1) is 5.60 Å². The number of aliphatic hydroxyl groups is 1. The first-order valence-electron chi connectivity index (χ1n) is 5.87. The lowest BCUT2D eigenvalue weighted by atomic mass is 10.0. The smallest absolute Gasteiger partial charge is 0.0681 e. The summed E-state index contributed by atoms with van der Waals surface area (Å²) < 4.78 is 0. The van der Waals surface area contributed by atoms with Crippen molar-refractivity contribution >= 4 is 11.8 Å². The molecule has 0 amide bonds. The molecule has 1 saturated carbocycles. The van der Waals surface area contributed by atoms with E-state index >= 15 is 0 Å². The second-order valence-electron chi connectivity index (χ2n) is 5.69. The second-order valence-corrected chi connectivity index (χ2v) is 6.80. The first-order valence-corrected chi connectivity index (χ1v) is 7.02. The van der Waals surface area contributed by atoms with Crippen molar-refractivity contribution in [2.24, 2.45) is 5.41 Å². The van der Waals surface area contributed by atoms with E-state index in [-0.39, 0.29) is 0 Å². The molecule has 1 atom stereocenters. The van der Waals surface area contributed by atoms with Crippen LogP contribution in [0.25, 0.3) is 0 Å². The molecule has 1 rings (SSSR count). The molecule has 0 spiro atoms. The molecule has 0 aliphatic heterocycles. The van der Waals surface area contributed by atoms with Gasteiger partial charge in [-0.2, -0.15) is 11.8 Å². The summed E-state index contributed by atoms with van der Waals surface area (Å²) in [6.45, 7) is 9.42. The van der Waals surface area contributed by atoms with Gasteiger partial charge in [0, 0.05) is 24.1 Å². The molecule has 2 nitrogen and oxygen atoms in total. The Bertz CT molecular complexity index is 196. The first kappa shape index (κ1) is 13.3. The molecule has 1 aliphatic carbocycles. The zero-order valence-electron chi connectivity index (χ0n) is 10.5. The summed E-state index contributed by atoms with van der Waals surface area (Å²) in [6, 6.07) is 0.639.